The first-order valence-electron chi connectivity index (χ1n) is 7.16. The number of aromatic amines is 1. The number of benzene rings is 2. The average Bonchev–Trinajstić information content (AvgIpc) is 2.54. The number of carbonyl (C=O) groups is 1. The summed E-state index contributed by atoms with van der Waals surface area (Å²) >= 11 is 6.84. The number of halogens is 2. The molecule has 1 N–H and O–H groups in total. The van der Waals surface area contributed by atoms with E-state index in [4.69, 9.17) is 4.74 Å². The number of ether oxygens (including phenoxy) is 1. The fourth-order valence-electron chi connectivity index (χ4n) is 2.47. The maximum absolute atomic E-state index is 12.5. The molecule has 0 unspecified atom stereocenters. The number of nitrogens with one attached hydrogen (secondary N) is 1. The Labute approximate surface area is 155 Å². The van der Waals surface area contributed by atoms with Gasteiger partial charge in [0.2, 0.25) is 0 Å². The first-order chi connectivity index (χ1) is 11.5. The molecule has 0 amide bonds. The lowest BCUT2D eigenvalue weighted by molar-refractivity contribution is 0.0991. The zero-order valence-electron chi connectivity index (χ0n) is 12.7. The highest BCUT2D eigenvalue weighted by molar-refractivity contribution is 9.11. The van der Waals surface area contributed by atoms with E-state index in [1.54, 1.807) is 31.4 Å². The van der Waals surface area contributed by atoms with E-state index >= 15 is 0 Å². The van der Waals surface area contributed by atoms with Gasteiger partial charge < -0.3 is 9.72 Å². The first kappa shape index (κ1) is 16.9. The SMILES string of the molecule is COc1ccc(CC(=O)c2cc3c(Br)cc(Br)cc3[nH]c2=O)cc1. The van der Waals surface area contributed by atoms with Crippen molar-refractivity contribution >= 4 is 48.5 Å². The summed E-state index contributed by atoms with van der Waals surface area (Å²) in [6, 6.07) is 12.5. The van der Waals surface area contributed by atoms with Crippen molar-refractivity contribution in [2.45, 2.75) is 6.42 Å². The third-order valence-corrected chi connectivity index (χ3v) is 4.81. The van der Waals surface area contributed by atoms with E-state index in [2.05, 4.69) is 36.8 Å². The molecule has 3 aromatic rings. The fourth-order valence-corrected chi connectivity index (χ4v) is 3.81. The summed E-state index contributed by atoms with van der Waals surface area (Å²) in [7, 11) is 1.59. The fraction of sp³-hybridized carbons (Fsp3) is 0.111. The minimum atomic E-state index is -0.383. The van der Waals surface area contributed by atoms with Crippen molar-refractivity contribution in [3.8, 4) is 5.75 Å². The minimum absolute atomic E-state index is 0.154. The summed E-state index contributed by atoms with van der Waals surface area (Å²) in [4.78, 5) is 27.6. The van der Waals surface area contributed by atoms with Crippen LogP contribution in [-0.4, -0.2) is 17.9 Å². The van der Waals surface area contributed by atoms with Crippen molar-refractivity contribution in [3.63, 3.8) is 0 Å². The third kappa shape index (κ3) is 3.44. The smallest absolute Gasteiger partial charge is 0.259 e. The van der Waals surface area contributed by atoms with Gasteiger partial charge in [0.25, 0.3) is 5.56 Å². The topological polar surface area (TPSA) is 59.2 Å². The highest BCUT2D eigenvalue weighted by Crippen LogP contribution is 2.27. The molecule has 0 aliphatic heterocycles. The second-order valence-corrected chi connectivity index (χ2v) is 7.08. The van der Waals surface area contributed by atoms with Crippen molar-refractivity contribution < 1.29 is 9.53 Å². The van der Waals surface area contributed by atoms with Crippen LogP contribution in [0.25, 0.3) is 10.9 Å². The monoisotopic (exact) mass is 449 g/mol. The quantitative estimate of drug-likeness (QED) is 0.596. The Kier molecular flexibility index (Phi) is 4.87. The molecule has 0 radical (unpaired) electrons. The van der Waals surface area contributed by atoms with E-state index in [1.807, 2.05) is 18.2 Å². The number of H-pyrrole nitrogens is 1. The maximum atomic E-state index is 12.5. The molecule has 2 aromatic carbocycles. The van der Waals surface area contributed by atoms with Crippen LogP contribution in [0, 0.1) is 0 Å². The zero-order chi connectivity index (χ0) is 17.3. The maximum Gasteiger partial charge on any atom is 0.259 e. The van der Waals surface area contributed by atoms with Crippen LogP contribution in [0.5, 0.6) is 5.75 Å². The molecule has 1 heterocycles. The van der Waals surface area contributed by atoms with E-state index in [0.717, 1.165) is 25.6 Å². The number of ketones is 1. The molecule has 1 aromatic heterocycles. The average molecular weight is 451 g/mol. The summed E-state index contributed by atoms with van der Waals surface area (Å²) in [6.07, 6.45) is 0.159. The number of carbonyl (C=O) groups excluding carboxylic acids is 1. The number of hydrogen-bond donors (Lipinski definition) is 1. The van der Waals surface area contributed by atoms with Gasteiger partial charge in [0.15, 0.2) is 5.78 Å². The van der Waals surface area contributed by atoms with Crippen LogP contribution < -0.4 is 10.3 Å². The molecule has 0 aliphatic carbocycles. The highest BCUT2D eigenvalue weighted by atomic mass is 79.9. The van der Waals surface area contributed by atoms with Gasteiger partial charge in [0, 0.05) is 20.8 Å². The predicted molar refractivity (Wildman–Crippen MR) is 101 cm³/mol. The van der Waals surface area contributed by atoms with Crippen LogP contribution in [0.3, 0.4) is 0 Å². The first-order valence-corrected chi connectivity index (χ1v) is 8.75. The second kappa shape index (κ2) is 6.91. The van der Waals surface area contributed by atoms with Gasteiger partial charge >= 0.3 is 0 Å². The Bertz CT molecular complexity index is 978. The minimum Gasteiger partial charge on any atom is -0.497 e. The molecule has 3 rings (SSSR count). The number of methoxy groups -OCH3 is 1. The van der Waals surface area contributed by atoms with Crippen LogP contribution >= 0.6 is 31.9 Å². The normalized spacial score (nSPS) is 10.8. The number of hydrogen-bond acceptors (Lipinski definition) is 3. The van der Waals surface area contributed by atoms with Gasteiger partial charge in [-0.3, -0.25) is 9.59 Å². The summed E-state index contributed by atoms with van der Waals surface area (Å²) in [5.41, 5.74) is 1.27. The molecule has 0 aliphatic rings. The summed E-state index contributed by atoms with van der Waals surface area (Å²) < 4.78 is 6.75. The molecule has 4 nitrogen and oxygen atoms in total. The van der Waals surface area contributed by atoms with E-state index in [0.29, 0.717) is 5.52 Å². The largest absolute Gasteiger partial charge is 0.497 e. The molecule has 0 bridgehead atoms. The molecule has 0 saturated carbocycles. The standard InChI is InChI=1S/C18H13Br2NO3/c1-24-12-4-2-10(3-5-12)6-17(22)14-9-13-15(20)7-11(19)8-16(13)21-18(14)23/h2-5,7-9H,6H2,1H3,(H,21,23). The van der Waals surface area contributed by atoms with Gasteiger partial charge in [-0.2, -0.15) is 0 Å². The lowest BCUT2D eigenvalue weighted by atomic mass is 10.0. The Balaban J connectivity index is 1.97. The lowest BCUT2D eigenvalue weighted by Gasteiger charge is -2.06. The molecule has 122 valence electrons. The molecule has 0 saturated heterocycles. The second-order valence-electron chi connectivity index (χ2n) is 5.31. The predicted octanol–water partition coefficient (Wildman–Crippen LogP) is 4.49. The molecule has 6 heteroatoms. The number of Topliss-reactive ketones (excluding diaryl/α,β-unsaturated/α-hetero) is 1. The Morgan fingerprint density at radius 1 is 1.12 bits per heavy atom. The Hall–Kier alpha value is -1.92. The van der Waals surface area contributed by atoms with Crippen molar-refractivity contribution in [3.05, 3.63) is 72.9 Å². The summed E-state index contributed by atoms with van der Waals surface area (Å²) in [5, 5.41) is 0.788. The van der Waals surface area contributed by atoms with Gasteiger partial charge in [-0.1, -0.05) is 44.0 Å². The van der Waals surface area contributed by atoms with Crippen LogP contribution in [0.2, 0.25) is 0 Å². The molecule has 0 atom stereocenters. The van der Waals surface area contributed by atoms with E-state index in [9.17, 15) is 9.59 Å². The van der Waals surface area contributed by atoms with Crippen molar-refractivity contribution in [2.24, 2.45) is 0 Å². The van der Waals surface area contributed by atoms with Gasteiger partial charge in [-0.05, 0) is 35.9 Å². The summed E-state index contributed by atoms with van der Waals surface area (Å²) in [6.45, 7) is 0. The van der Waals surface area contributed by atoms with Crippen LogP contribution in [-0.2, 0) is 6.42 Å². The van der Waals surface area contributed by atoms with Crippen LogP contribution in [0.15, 0.2) is 56.2 Å². The van der Waals surface area contributed by atoms with E-state index in [1.165, 1.54) is 0 Å². The van der Waals surface area contributed by atoms with Gasteiger partial charge in [-0.25, -0.2) is 0 Å². The van der Waals surface area contributed by atoms with Gasteiger partial charge in [0.05, 0.1) is 18.2 Å². The summed E-state index contributed by atoms with van der Waals surface area (Å²) in [5.74, 6) is 0.502. The molecule has 24 heavy (non-hydrogen) atoms. The van der Waals surface area contributed by atoms with E-state index < -0.39 is 0 Å². The van der Waals surface area contributed by atoms with Crippen LogP contribution in [0.4, 0.5) is 0 Å². The number of rotatable bonds is 4. The van der Waals surface area contributed by atoms with Gasteiger partial charge in [0.1, 0.15) is 5.75 Å². The zero-order valence-corrected chi connectivity index (χ0v) is 15.9. The molecule has 0 fully saturated rings. The number of fused-ring (bicyclic) bond motifs is 1. The highest BCUT2D eigenvalue weighted by Gasteiger charge is 2.14. The Morgan fingerprint density at radius 2 is 1.83 bits per heavy atom. The van der Waals surface area contributed by atoms with E-state index in [-0.39, 0.29) is 23.3 Å². The van der Waals surface area contributed by atoms with Crippen molar-refractivity contribution in [2.75, 3.05) is 7.11 Å². The number of pyridine rings is 1. The van der Waals surface area contributed by atoms with Crippen molar-refractivity contribution in [1.82, 2.24) is 4.98 Å². The molecular weight excluding hydrogens is 438 g/mol. The Morgan fingerprint density at radius 3 is 2.50 bits per heavy atom. The lowest BCUT2D eigenvalue weighted by Crippen LogP contribution is -2.19. The molecule has 0 spiro atoms. The van der Waals surface area contributed by atoms with Crippen LogP contribution in [0.1, 0.15) is 15.9 Å². The molecular formula is C18H13Br2NO3. The van der Waals surface area contributed by atoms with Crippen molar-refractivity contribution in [1.29, 1.82) is 0 Å². The number of aromatic nitrogens is 1. The van der Waals surface area contributed by atoms with Gasteiger partial charge in [-0.15, -0.1) is 0 Å². The third-order valence-electron chi connectivity index (χ3n) is 3.70.